The van der Waals surface area contributed by atoms with Gasteiger partial charge in [0, 0.05) is 30.9 Å². The fourth-order valence-electron chi connectivity index (χ4n) is 4.65. The third-order valence-corrected chi connectivity index (χ3v) is 8.24. The Bertz CT molecular complexity index is 1690. The average Bonchev–Trinajstić information content (AvgIpc) is 3.61. The number of fused-ring (bicyclic) bond motifs is 2. The molecular weight excluding hydrogens is 440 g/mol. The summed E-state index contributed by atoms with van der Waals surface area (Å²) in [6, 6.07) is 19.8. The van der Waals surface area contributed by atoms with Gasteiger partial charge in [-0.1, -0.05) is 24.3 Å². The van der Waals surface area contributed by atoms with Crippen LogP contribution >= 0.6 is 22.7 Å². The van der Waals surface area contributed by atoms with Crippen molar-refractivity contribution < 1.29 is 18.4 Å². The maximum atomic E-state index is 11.2. The highest BCUT2D eigenvalue weighted by Gasteiger charge is 2.24. The van der Waals surface area contributed by atoms with Crippen molar-refractivity contribution in [2.24, 2.45) is 0 Å². The van der Waals surface area contributed by atoms with Gasteiger partial charge in [0.15, 0.2) is 24.1 Å². The van der Waals surface area contributed by atoms with E-state index in [0.717, 1.165) is 53.3 Å². The molecule has 32 heavy (non-hydrogen) atoms. The van der Waals surface area contributed by atoms with E-state index in [9.17, 15) is 9.59 Å². The Balaban J connectivity index is 1.69. The van der Waals surface area contributed by atoms with Crippen molar-refractivity contribution in [3.63, 3.8) is 0 Å². The van der Waals surface area contributed by atoms with Crippen molar-refractivity contribution >= 4 is 77.0 Å². The Hall–Kier alpha value is -3.74. The fourth-order valence-corrected chi connectivity index (χ4v) is 7.06. The Kier molecular flexibility index (Phi) is 3.57. The molecule has 7 rings (SSSR count). The van der Waals surface area contributed by atoms with Gasteiger partial charge in [0.1, 0.15) is 11.5 Å². The van der Waals surface area contributed by atoms with Crippen LogP contribution in [-0.4, -0.2) is 12.6 Å². The molecule has 0 amide bonds. The van der Waals surface area contributed by atoms with Crippen LogP contribution in [0.2, 0.25) is 0 Å². The second kappa shape index (κ2) is 6.38. The van der Waals surface area contributed by atoms with E-state index in [4.69, 9.17) is 8.83 Å². The van der Waals surface area contributed by atoms with E-state index in [1.54, 1.807) is 34.8 Å². The van der Waals surface area contributed by atoms with Gasteiger partial charge in [-0.15, -0.1) is 22.7 Å². The molecule has 0 spiro atoms. The maximum Gasteiger partial charge on any atom is 0.185 e. The van der Waals surface area contributed by atoms with Gasteiger partial charge < -0.3 is 8.83 Å². The van der Waals surface area contributed by atoms with Gasteiger partial charge in [0.25, 0.3) is 0 Å². The number of furan rings is 2. The summed E-state index contributed by atoms with van der Waals surface area (Å²) in [5, 5.41) is 6.93. The highest BCUT2D eigenvalue weighted by atomic mass is 32.1. The first-order valence-corrected chi connectivity index (χ1v) is 11.6. The van der Waals surface area contributed by atoms with E-state index in [1.807, 2.05) is 12.1 Å². The van der Waals surface area contributed by atoms with E-state index >= 15 is 0 Å². The number of benzene rings is 3. The lowest BCUT2D eigenvalue weighted by Gasteiger charge is -2.08. The van der Waals surface area contributed by atoms with Gasteiger partial charge in [-0.05, 0) is 47.2 Å². The number of hydrogen-bond acceptors (Lipinski definition) is 6. The molecule has 152 valence electrons. The van der Waals surface area contributed by atoms with Crippen LogP contribution in [0.4, 0.5) is 0 Å². The van der Waals surface area contributed by atoms with Crippen molar-refractivity contribution in [3.05, 3.63) is 72.2 Å². The molecule has 3 aromatic carbocycles. The molecule has 4 heterocycles. The molecule has 0 saturated carbocycles. The normalized spacial score (nSPS) is 12.0. The van der Waals surface area contributed by atoms with Crippen molar-refractivity contribution in [1.29, 1.82) is 0 Å². The molecule has 0 unspecified atom stereocenters. The monoisotopic (exact) mass is 452 g/mol. The third-order valence-electron chi connectivity index (χ3n) is 5.90. The number of thiophene rings is 2. The number of carbonyl (C=O) groups is 2. The lowest BCUT2D eigenvalue weighted by atomic mass is 9.94. The zero-order valence-corrected chi connectivity index (χ0v) is 18.0. The van der Waals surface area contributed by atoms with Crippen molar-refractivity contribution in [3.8, 4) is 21.3 Å². The summed E-state index contributed by atoms with van der Waals surface area (Å²) in [5.74, 6) is 2.04. The smallest absolute Gasteiger partial charge is 0.185 e. The standard InChI is InChI=1S/C26H12O4S2/c27-11-13-7-9-17(29-13)25-23-15-3-1-5-19-21(15)24(16-4-2-6-20(32-25)22(16)23)26(31-19)18-10-8-14(12-28)30-18/h1-12H. The topological polar surface area (TPSA) is 60.4 Å². The van der Waals surface area contributed by atoms with Crippen LogP contribution in [0.5, 0.6) is 0 Å². The summed E-state index contributed by atoms with van der Waals surface area (Å²) in [6.07, 6.45) is 1.46. The second-order valence-electron chi connectivity index (χ2n) is 7.61. The summed E-state index contributed by atoms with van der Waals surface area (Å²) in [7, 11) is 0. The van der Waals surface area contributed by atoms with Crippen LogP contribution in [0, 0.1) is 0 Å². The first kappa shape index (κ1) is 17.9. The second-order valence-corrected chi connectivity index (χ2v) is 9.71. The van der Waals surface area contributed by atoms with Gasteiger partial charge in [-0.3, -0.25) is 9.59 Å². The molecule has 0 saturated heterocycles. The van der Waals surface area contributed by atoms with Crippen LogP contribution in [0.15, 0.2) is 69.5 Å². The van der Waals surface area contributed by atoms with E-state index < -0.39 is 0 Å². The van der Waals surface area contributed by atoms with Crippen LogP contribution < -0.4 is 0 Å². The van der Waals surface area contributed by atoms with E-state index in [2.05, 4.69) is 36.4 Å². The molecule has 0 N–H and O–H groups in total. The lowest BCUT2D eigenvalue weighted by molar-refractivity contribution is 0.109. The fraction of sp³-hybridized carbons (Fsp3) is 0. The Morgan fingerprint density at radius 1 is 0.562 bits per heavy atom. The summed E-state index contributed by atoms with van der Waals surface area (Å²) in [6.45, 7) is 0. The molecular formula is C26H12O4S2. The molecule has 0 bridgehead atoms. The van der Waals surface area contributed by atoms with E-state index in [-0.39, 0.29) is 0 Å². The molecule has 4 nitrogen and oxygen atoms in total. The van der Waals surface area contributed by atoms with Crippen LogP contribution in [0.25, 0.3) is 63.0 Å². The van der Waals surface area contributed by atoms with E-state index in [0.29, 0.717) is 23.0 Å². The van der Waals surface area contributed by atoms with Crippen molar-refractivity contribution in [1.82, 2.24) is 0 Å². The third kappa shape index (κ3) is 2.25. The molecule has 0 aliphatic rings. The van der Waals surface area contributed by atoms with Crippen LogP contribution in [-0.2, 0) is 0 Å². The predicted octanol–water partition coefficient (Wildman–Crippen LogP) is 8.01. The molecule has 0 fully saturated rings. The zero-order valence-electron chi connectivity index (χ0n) is 16.4. The minimum atomic E-state index is 0.321. The molecule has 6 heteroatoms. The molecule has 0 aliphatic carbocycles. The maximum absolute atomic E-state index is 11.2. The summed E-state index contributed by atoms with van der Waals surface area (Å²) in [4.78, 5) is 24.4. The lowest BCUT2D eigenvalue weighted by Crippen LogP contribution is -1.81. The van der Waals surface area contributed by atoms with Crippen molar-refractivity contribution in [2.45, 2.75) is 0 Å². The van der Waals surface area contributed by atoms with Crippen LogP contribution in [0.1, 0.15) is 21.1 Å². The number of aldehydes is 2. The quantitative estimate of drug-likeness (QED) is 0.200. The minimum Gasteiger partial charge on any atom is -0.452 e. The number of rotatable bonds is 4. The first-order valence-electron chi connectivity index (χ1n) is 9.99. The van der Waals surface area contributed by atoms with Gasteiger partial charge in [-0.25, -0.2) is 0 Å². The Labute approximate surface area is 188 Å². The molecule has 4 aromatic heterocycles. The van der Waals surface area contributed by atoms with Gasteiger partial charge >= 0.3 is 0 Å². The molecule has 0 radical (unpaired) electrons. The SMILES string of the molecule is O=Cc1ccc(-c2sc3cccc4c5c(-c6ccc(C=O)o6)sc6cccc(c2c34)c65)o1. The van der Waals surface area contributed by atoms with Gasteiger partial charge in [0.05, 0.1) is 9.75 Å². The Morgan fingerprint density at radius 3 is 1.44 bits per heavy atom. The first-order chi connectivity index (χ1) is 15.8. The molecule has 0 atom stereocenters. The molecule has 0 aliphatic heterocycles. The number of hydrogen-bond donors (Lipinski definition) is 0. The Morgan fingerprint density at radius 2 is 1.03 bits per heavy atom. The highest BCUT2D eigenvalue weighted by Crippen LogP contribution is 2.53. The average molecular weight is 453 g/mol. The molecule has 7 aromatic rings. The zero-order chi connectivity index (χ0) is 21.4. The predicted molar refractivity (Wildman–Crippen MR) is 130 cm³/mol. The summed E-state index contributed by atoms with van der Waals surface area (Å²) in [5.41, 5.74) is 0. The van der Waals surface area contributed by atoms with Crippen molar-refractivity contribution in [2.75, 3.05) is 0 Å². The van der Waals surface area contributed by atoms with E-state index in [1.165, 1.54) is 10.8 Å². The van der Waals surface area contributed by atoms with Gasteiger partial charge in [-0.2, -0.15) is 0 Å². The largest absolute Gasteiger partial charge is 0.452 e. The number of carbonyl (C=O) groups excluding carboxylic acids is 2. The van der Waals surface area contributed by atoms with Gasteiger partial charge in [0.2, 0.25) is 0 Å². The summed E-state index contributed by atoms with van der Waals surface area (Å²) < 4.78 is 14.0. The van der Waals surface area contributed by atoms with Crippen LogP contribution in [0.3, 0.4) is 0 Å². The highest BCUT2D eigenvalue weighted by molar-refractivity contribution is 7.25. The minimum absolute atomic E-state index is 0.321. The summed E-state index contributed by atoms with van der Waals surface area (Å²) >= 11 is 3.34.